The summed E-state index contributed by atoms with van der Waals surface area (Å²) in [5.41, 5.74) is 1.83. The number of ketones is 1. The summed E-state index contributed by atoms with van der Waals surface area (Å²) in [6.45, 7) is 6.08. The molecule has 0 saturated carbocycles. The van der Waals surface area contributed by atoms with E-state index >= 15 is 0 Å². The molecule has 1 nitrogen and oxygen atoms in total. The van der Waals surface area contributed by atoms with Gasteiger partial charge in [0.1, 0.15) is 11.6 Å². The van der Waals surface area contributed by atoms with Crippen molar-refractivity contribution in [3.05, 3.63) is 35.1 Å². The van der Waals surface area contributed by atoms with Crippen molar-refractivity contribution >= 4 is 5.78 Å². The molecule has 0 atom stereocenters. The molecule has 0 N–H and O–H groups in total. The second kappa shape index (κ2) is 7.30. The SMILES string of the molecule is CCCC(CCC)C(=O)Cc1ccc(F)cc1C. The third-order valence-corrected chi connectivity index (χ3v) is 3.40. The molecule has 0 aromatic heterocycles. The van der Waals surface area contributed by atoms with Gasteiger partial charge in [-0.3, -0.25) is 4.79 Å². The molecule has 0 saturated heterocycles. The summed E-state index contributed by atoms with van der Waals surface area (Å²) in [4.78, 5) is 12.2. The number of aryl methyl sites for hydroxylation is 1. The zero-order chi connectivity index (χ0) is 13.5. The molecule has 0 aliphatic heterocycles. The van der Waals surface area contributed by atoms with Gasteiger partial charge in [-0.1, -0.05) is 32.8 Å². The summed E-state index contributed by atoms with van der Waals surface area (Å²) in [7, 11) is 0. The maximum absolute atomic E-state index is 13.0. The van der Waals surface area contributed by atoms with Gasteiger partial charge < -0.3 is 0 Å². The zero-order valence-corrected chi connectivity index (χ0v) is 11.6. The molecule has 0 amide bonds. The van der Waals surface area contributed by atoms with Crippen LogP contribution in [0.2, 0.25) is 0 Å². The largest absolute Gasteiger partial charge is 0.299 e. The predicted octanol–water partition coefficient (Wildman–Crippen LogP) is 4.46. The summed E-state index contributed by atoms with van der Waals surface area (Å²) in [6, 6.07) is 4.67. The van der Waals surface area contributed by atoms with Gasteiger partial charge in [0, 0.05) is 12.3 Å². The van der Waals surface area contributed by atoms with E-state index in [4.69, 9.17) is 0 Å². The van der Waals surface area contributed by atoms with Crippen molar-refractivity contribution in [2.75, 3.05) is 0 Å². The minimum Gasteiger partial charge on any atom is -0.299 e. The Kier molecular flexibility index (Phi) is 6.03. The molecule has 2 heteroatoms. The van der Waals surface area contributed by atoms with Gasteiger partial charge in [0.05, 0.1) is 0 Å². The van der Waals surface area contributed by atoms with Crippen LogP contribution in [0.1, 0.15) is 50.7 Å². The van der Waals surface area contributed by atoms with Crippen molar-refractivity contribution in [1.82, 2.24) is 0 Å². The van der Waals surface area contributed by atoms with Crippen LogP contribution in [0, 0.1) is 18.7 Å². The zero-order valence-electron chi connectivity index (χ0n) is 11.6. The van der Waals surface area contributed by atoms with E-state index in [1.807, 2.05) is 6.92 Å². The van der Waals surface area contributed by atoms with Crippen LogP contribution in [0.25, 0.3) is 0 Å². The third-order valence-electron chi connectivity index (χ3n) is 3.40. The number of carbonyl (C=O) groups excluding carboxylic acids is 1. The quantitative estimate of drug-likeness (QED) is 0.698. The van der Waals surface area contributed by atoms with Gasteiger partial charge >= 0.3 is 0 Å². The minimum absolute atomic E-state index is 0.171. The Morgan fingerprint density at radius 2 is 1.83 bits per heavy atom. The highest BCUT2D eigenvalue weighted by Gasteiger charge is 2.17. The smallest absolute Gasteiger partial charge is 0.140 e. The lowest BCUT2D eigenvalue weighted by molar-refractivity contribution is -0.122. The molecule has 0 fully saturated rings. The maximum atomic E-state index is 13.0. The number of Topliss-reactive ketones (excluding diaryl/α,β-unsaturated/α-hetero) is 1. The number of rotatable bonds is 7. The van der Waals surface area contributed by atoms with Crippen LogP contribution in [0.5, 0.6) is 0 Å². The molecule has 0 radical (unpaired) electrons. The van der Waals surface area contributed by atoms with Crippen molar-refractivity contribution in [3.63, 3.8) is 0 Å². The number of carbonyl (C=O) groups is 1. The second-order valence-corrected chi connectivity index (χ2v) is 4.99. The standard InChI is InChI=1S/C16H23FO/c1-4-6-13(7-5-2)16(18)11-14-8-9-15(17)10-12(14)3/h8-10,13H,4-7,11H2,1-3H3. The molecule has 100 valence electrons. The molecule has 0 aliphatic rings. The van der Waals surface area contributed by atoms with E-state index in [1.165, 1.54) is 12.1 Å². The first-order valence-corrected chi connectivity index (χ1v) is 6.86. The van der Waals surface area contributed by atoms with Crippen LogP contribution >= 0.6 is 0 Å². The molecule has 0 aliphatic carbocycles. The maximum Gasteiger partial charge on any atom is 0.140 e. The van der Waals surface area contributed by atoms with Gasteiger partial charge in [-0.2, -0.15) is 0 Å². The van der Waals surface area contributed by atoms with Gasteiger partial charge in [-0.05, 0) is 43.0 Å². The van der Waals surface area contributed by atoms with Gasteiger partial charge in [0.15, 0.2) is 0 Å². The first-order valence-electron chi connectivity index (χ1n) is 6.86. The number of benzene rings is 1. The first-order chi connectivity index (χ1) is 8.58. The van der Waals surface area contributed by atoms with Crippen molar-refractivity contribution < 1.29 is 9.18 Å². The fraction of sp³-hybridized carbons (Fsp3) is 0.562. The highest BCUT2D eigenvalue weighted by Crippen LogP contribution is 2.19. The Balaban J connectivity index is 2.72. The fourth-order valence-electron chi connectivity index (χ4n) is 2.35. The fourth-order valence-corrected chi connectivity index (χ4v) is 2.35. The van der Waals surface area contributed by atoms with Gasteiger partial charge in [-0.25, -0.2) is 4.39 Å². The van der Waals surface area contributed by atoms with E-state index in [0.29, 0.717) is 12.2 Å². The van der Waals surface area contributed by atoms with E-state index in [0.717, 1.165) is 36.8 Å². The van der Waals surface area contributed by atoms with Crippen molar-refractivity contribution in [3.8, 4) is 0 Å². The average molecular weight is 250 g/mol. The molecule has 1 rings (SSSR count). The van der Waals surface area contributed by atoms with Crippen LogP contribution in [0.4, 0.5) is 4.39 Å². The van der Waals surface area contributed by atoms with Crippen LogP contribution in [-0.2, 0) is 11.2 Å². The van der Waals surface area contributed by atoms with Crippen LogP contribution in [0.15, 0.2) is 18.2 Å². The summed E-state index contributed by atoms with van der Waals surface area (Å²) in [5.74, 6) is 0.236. The highest BCUT2D eigenvalue weighted by atomic mass is 19.1. The van der Waals surface area contributed by atoms with E-state index in [9.17, 15) is 9.18 Å². The van der Waals surface area contributed by atoms with Crippen LogP contribution < -0.4 is 0 Å². The lowest BCUT2D eigenvalue weighted by Gasteiger charge is -2.14. The Morgan fingerprint density at radius 1 is 1.22 bits per heavy atom. The number of halogens is 1. The molecular formula is C16H23FO. The van der Waals surface area contributed by atoms with E-state index < -0.39 is 0 Å². The normalized spacial score (nSPS) is 10.9. The topological polar surface area (TPSA) is 17.1 Å². The van der Waals surface area contributed by atoms with Crippen molar-refractivity contribution in [1.29, 1.82) is 0 Å². The Labute approximate surface area is 109 Å². The molecule has 0 heterocycles. The molecule has 0 bridgehead atoms. The Hall–Kier alpha value is -1.18. The van der Waals surface area contributed by atoms with Gasteiger partial charge in [0.25, 0.3) is 0 Å². The molecular weight excluding hydrogens is 227 g/mol. The lowest BCUT2D eigenvalue weighted by Crippen LogP contribution is -2.17. The van der Waals surface area contributed by atoms with Crippen LogP contribution in [0.3, 0.4) is 0 Å². The van der Waals surface area contributed by atoms with Crippen molar-refractivity contribution in [2.24, 2.45) is 5.92 Å². The highest BCUT2D eigenvalue weighted by molar-refractivity contribution is 5.83. The molecule has 18 heavy (non-hydrogen) atoms. The number of hydrogen-bond acceptors (Lipinski definition) is 1. The average Bonchev–Trinajstić information content (AvgIpc) is 2.32. The molecule has 0 spiro atoms. The second-order valence-electron chi connectivity index (χ2n) is 4.99. The monoisotopic (exact) mass is 250 g/mol. The molecule has 1 aromatic rings. The third kappa shape index (κ3) is 4.25. The predicted molar refractivity (Wildman–Crippen MR) is 73.2 cm³/mol. The summed E-state index contributed by atoms with van der Waals surface area (Å²) < 4.78 is 13.0. The van der Waals surface area contributed by atoms with Gasteiger partial charge in [0.2, 0.25) is 0 Å². The van der Waals surface area contributed by atoms with E-state index in [2.05, 4.69) is 13.8 Å². The summed E-state index contributed by atoms with van der Waals surface area (Å²) in [5, 5.41) is 0. The Morgan fingerprint density at radius 3 is 2.33 bits per heavy atom. The number of hydrogen-bond donors (Lipinski definition) is 0. The summed E-state index contributed by atoms with van der Waals surface area (Å²) in [6.07, 6.45) is 4.45. The van der Waals surface area contributed by atoms with E-state index in [1.54, 1.807) is 6.07 Å². The first kappa shape index (κ1) is 14.9. The lowest BCUT2D eigenvalue weighted by atomic mass is 9.89. The Bertz CT molecular complexity index is 392. The molecule has 1 aromatic carbocycles. The van der Waals surface area contributed by atoms with E-state index in [-0.39, 0.29) is 11.7 Å². The van der Waals surface area contributed by atoms with Crippen molar-refractivity contribution in [2.45, 2.75) is 52.9 Å². The summed E-state index contributed by atoms with van der Waals surface area (Å²) >= 11 is 0. The van der Waals surface area contributed by atoms with Gasteiger partial charge in [-0.15, -0.1) is 0 Å². The molecule has 0 unspecified atom stereocenters. The van der Waals surface area contributed by atoms with Crippen LogP contribution in [-0.4, -0.2) is 5.78 Å². The minimum atomic E-state index is -0.234.